The van der Waals surface area contributed by atoms with Crippen LogP contribution in [0.1, 0.15) is 18.4 Å². The largest absolute Gasteiger partial charge is 0.415 e. The highest BCUT2D eigenvalue weighted by molar-refractivity contribution is 5.70. The molecule has 0 spiro atoms. The number of ether oxygens (including phenoxy) is 1. The van der Waals surface area contributed by atoms with Crippen LogP contribution in [0.25, 0.3) is 0 Å². The normalized spacial score (nSPS) is 20.1. The summed E-state index contributed by atoms with van der Waals surface area (Å²) in [6, 6.07) is 7.55. The van der Waals surface area contributed by atoms with Crippen molar-refractivity contribution in [1.29, 1.82) is 0 Å². The van der Waals surface area contributed by atoms with Crippen LogP contribution >= 0.6 is 0 Å². The topological polar surface area (TPSA) is 55.6 Å². The van der Waals surface area contributed by atoms with E-state index in [-0.39, 0.29) is 12.1 Å². The molecule has 0 radical (unpaired) electrons. The molecule has 1 atom stereocenters. The third-order valence-electron chi connectivity index (χ3n) is 2.91. The Morgan fingerprint density at radius 3 is 3.06 bits per heavy atom. The smallest absolute Gasteiger partial charge is 0.410 e. The number of nitrogens with zero attached hydrogens (tertiary/aromatic N) is 1. The van der Waals surface area contributed by atoms with Crippen LogP contribution in [0.15, 0.2) is 24.3 Å². The maximum absolute atomic E-state index is 11.9. The summed E-state index contributed by atoms with van der Waals surface area (Å²) in [5, 5.41) is 0. The lowest BCUT2D eigenvalue weighted by molar-refractivity contribution is 0.137. The van der Waals surface area contributed by atoms with Crippen LogP contribution in [0, 0.1) is 6.92 Å². The second kappa shape index (κ2) is 5.19. The quantitative estimate of drug-likeness (QED) is 0.807. The Kier molecular flexibility index (Phi) is 3.64. The van der Waals surface area contributed by atoms with Crippen molar-refractivity contribution in [2.75, 3.05) is 13.1 Å². The molecule has 1 aromatic carbocycles. The number of amides is 1. The summed E-state index contributed by atoms with van der Waals surface area (Å²) in [7, 11) is 0. The van der Waals surface area contributed by atoms with Gasteiger partial charge in [0, 0.05) is 19.1 Å². The number of hydrogen-bond donors (Lipinski definition) is 1. The Morgan fingerprint density at radius 1 is 1.53 bits per heavy atom. The number of hydrogen-bond acceptors (Lipinski definition) is 3. The van der Waals surface area contributed by atoms with Gasteiger partial charge in [0.1, 0.15) is 5.75 Å². The van der Waals surface area contributed by atoms with Crippen molar-refractivity contribution in [1.82, 2.24) is 4.90 Å². The number of nitrogens with two attached hydrogens (primary N) is 1. The van der Waals surface area contributed by atoms with Crippen molar-refractivity contribution >= 4 is 6.09 Å². The van der Waals surface area contributed by atoms with E-state index in [0.29, 0.717) is 12.3 Å². The zero-order valence-electron chi connectivity index (χ0n) is 10.1. The summed E-state index contributed by atoms with van der Waals surface area (Å²) in [5.41, 5.74) is 6.91. The highest BCUT2D eigenvalue weighted by Gasteiger charge is 2.22. The highest BCUT2D eigenvalue weighted by atomic mass is 16.6. The zero-order valence-corrected chi connectivity index (χ0v) is 10.1. The number of benzene rings is 1. The van der Waals surface area contributed by atoms with Crippen molar-refractivity contribution in [3.63, 3.8) is 0 Å². The molecule has 0 bridgehead atoms. The van der Waals surface area contributed by atoms with Crippen LogP contribution in [-0.4, -0.2) is 30.1 Å². The van der Waals surface area contributed by atoms with E-state index in [2.05, 4.69) is 0 Å². The maximum atomic E-state index is 11.9. The molecular formula is C13H18N2O2. The van der Waals surface area contributed by atoms with E-state index >= 15 is 0 Å². The fourth-order valence-corrected chi connectivity index (χ4v) is 2.02. The van der Waals surface area contributed by atoms with Crippen molar-refractivity contribution in [3.8, 4) is 5.75 Å². The molecule has 1 amide bonds. The zero-order chi connectivity index (χ0) is 12.3. The van der Waals surface area contributed by atoms with Gasteiger partial charge in [-0.05, 0) is 37.5 Å². The molecule has 0 aliphatic carbocycles. The molecule has 1 heterocycles. The monoisotopic (exact) mass is 234 g/mol. The predicted octanol–water partition coefficient (Wildman–Crippen LogP) is 1.92. The second-order valence-electron chi connectivity index (χ2n) is 4.53. The highest BCUT2D eigenvalue weighted by Crippen LogP contribution is 2.15. The van der Waals surface area contributed by atoms with E-state index in [1.165, 1.54) is 0 Å². The number of aryl methyl sites for hydroxylation is 1. The van der Waals surface area contributed by atoms with Crippen LogP contribution in [0.5, 0.6) is 5.75 Å². The van der Waals surface area contributed by atoms with Gasteiger partial charge in [-0.15, -0.1) is 0 Å². The van der Waals surface area contributed by atoms with Crippen LogP contribution in [0.3, 0.4) is 0 Å². The van der Waals surface area contributed by atoms with Crippen LogP contribution in [0.4, 0.5) is 4.79 Å². The predicted molar refractivity (Wildman–Crippen MR) is 66.0 cm³/mol. The summed E-state index contributed by atoms with van der Waals surface area (Å²) < 4.78 is 5.31. The molecule has 2 N–H and O–H groups in total. The van der Waals surface area contributed by atoms with Gasteiger partial charge in [-0.25, -0.2) is 4.79 Å². The summed E-state index contributed by atoms with van der Waals surface area (Å²) in [6.07, 6.45) is 1.63. The Bertz CT molecular complexity index is 406. The van der Waals surface area contributed by atoms with E-state index in [1.807, 2.05) is 25.1 Å². The summed E-state index contributed by atoms with van der Waals surface area (Å²) in [4.78, 5) is 13.5. The van der Waals surface area contributed by atoms with Gasteiger partial charge in [0.15, 0.2) is 0 Å². The number of likely N-dealkylation sites (tertiary alicyclic amines) is 1. The summed E-state index contributed by atoms with van der Waals surface area (Å²) in [5.74, 6) is 0.592. The molecule has 1 unspecified atom stereocenters. The lowest BCUT2D eigenvalue weighted by Gasteiger charge is -2.29. The average molecular weight is 234 g/mol. The second-order valence-corrected chi connectivity index (χ2v) is 4.53. The van der Waals surface area contributed by atoms with Gasteiger partial charge in [-0.1, -0.05) is 12.1 Å². The molecule has 0 saturated carbocycles. The number of piperidine rings is 1. The average Bonchev–Trinajstić information content (AvgIpc) is 2.29. The molecule has 1 aliphatic rings. The van der Waals surface area contributed by atoms with Gasteiger partial charge in [0.25, 0.3) is 0 Å². The first kappa shape index (κ1) is 11.9. The molecule has 4 nitrogen and oxygen atoms in total. The van der Waals surface area contributed by atoms with Crippen molar-refractivity contribution in [3.05, 3.63) is 29.8 Å². The van der Waals surface area contributed by atoms with Gasteiger partial charge in [-0.2, -0.15) is 0 Å². The molecule has 1 aromatic rings. The standard InChI is InChI=1S/C13H18N2O2/c1-10-4-2-6-12(8-10)17-13(16)15-7-3-5-11(14)9-15/h2,4,6,8,11H,3,5,7,9,14H2,1H3. The lowest BCUT2D eigenvalue weighted by Crippen LogP contribution is -2.46. The molecule has 0 aromatic heterocycles. The molecule has 1 fully saturated rings. The molecule has 1 aliphatic heterocycles. The van der Waals surface area contributed by atoms with Crippen LogP contribution in [-0.2, 0) is 0 Å². The molecular weight excluding hydrogens is 216 g/mol. The van der Waals surface area contributed by atoms with Crippen LogP contribution in [0.2, 0.25) is 0 Å². The van der Waals surface area contributed by atoms with Gasteiger partial charge >= 0.3 is 6.09 Å². The minimum absolute atomic E-state index is 0.0776. The Labute approximate surface area is 101 Å². The first-order chi connectivity index (χ1) is 8.15. The van der Waals surface area contributed by atoms with Gasteiger partial charge in [0.2, 0.25) is 0 Å². The SMILES string of the molecule is Cc1cccc(OC(=O)N2CCCC(N)C2)c1. The number of carbonyl (C=O) groups is 1. The third kappa shape index (κ3) is 3.20. The Hall–Kier alpha value is -1.55. The summed E-state index contributed by atoms with van der Waals surface area (Å²) in [6.45, 7) is 3.29. The lowest BCUT2D eigenvalue weighted by atomic mass is 10.1. The fourth-order valence-electron chi connectivity index (χ4n) is 2.02. The van der Waals surface area contributed by atoms with Gasteiger partial charge in [-0.3, -0.25) is 0 Å². The maximum Gasteiger partial charge on any atom is 0.415 e. The van der Waals surface area contributed by atoms with Crippen molar-refractivity contribution in [2.45, 2.75) is 25.8 Å². The molecule has 4 heteroatoms. The number of carbonyl (C=O) groups excluding carboxylic acids is 1. The summed E-state index contributed by atoms with van der Waals surface area (Å²) >= 11 is 0. The first-order valence-electron chi connectivity index (χ1n) is 5.94. The van der Waals surface area contributed by atoms with Gasteiger partial charge < -0.3 is 15.4 Å². The van der Waals surface area contributed by atoms with E-state index in [1.54, 1.807) is 11.0 Å². The molecule has 92 valence electrons. The number of rotatable bonds is 1. The molecule has 1 saturated heterocycles. The van der Waals surface area contributed by atoms with E-state index in [9.17, 15) is 4.79 Å². The minimum Gasteiger partial charge on any atom is -0.410 e. The Morgan fingerprint density at radius 2 is 2.35 bits per heavy atom. The van der Waals surface area contributed by atoms with Crippen molar-refractivity contribution in [2.24, 2.45) is 5.73 Å². The first-order valence-corrected chi connectivity index (χ1v) is 5.94. The molecule has 2 rings (SSSR count). The minimum atomic E-state index is -0.300. The third-order valence-corrected chi connectivity index (χ3v) is 2.91. The van der Waals surface area contributed by atoms with Gasteiger partial charge in [0.05, 0.1) is 0 Å². The van der Waals surface area contributed by atoms with E-state index in [0.717, 1.165) is 24.9 Å². The van der Waals surface area contributed by atoms with Crippen LogP contribution < -0.4 is 10.5 Å². The van der Waals surface area contributed by atoms with Crippen molar-refractivity contribution < 1.29 is 9.53 Å². The molecule has 17 heavy (non-hydrogen) atoms. The van der Waals surface area contributed by atoms with E-state index < -0.39 is 0 Å². The fraction of sp³-hybridized carbons (Fsp3) is 0.462. The van der Waals surface area contributed by atoms with E-state index in [4.69, 9.17) is 10.5 Å². The Balaban J connectivity index is 1.96.